The van der Waals surface area contributed by atoms with Gasteiger partial charge in [0, 0.05) is 19.5 Å². The molecule has 1 aromatic carbocycles. The van der Waals surface area contributed by atoms with E-state index >= 15 is 0 Å². The molecule has 0 radical (unpaired) electrons. The van der Waals surface area contributed by atoms with E-state index in [0.717, 1.165) is 25.3 Å². The third-order valence-electron chi connectivity index (χ3n) is 3.11. The van der Waals surface area contributed by atoms with E-state index < -0.39 is 0 Å². The Morgan fingerprint density at radius 2 is 1.83 bits per heavy atom. The summed E-state index contributed by atoms with van der Waals surface area (Å²) in [5.74, 6) is 0.983. The highest BCUT2D eigenvalue weighted by molar-refractivity contribution is 5.43. The number of benzene rings is 1. The molecule has 98 valence electrons. The summed E-state index contributed by atoms with van der Waals surface area (Å²) in [6, 6.07) is 6.54. The number of rotatable bonds is 6. The average molecular weight is 246 g/mol. The lowest BCUT2D eigenvalue weighted by Gasteiger charge is -2.16. The van der Waals surface area contributed by atoms with Crippen molar-refractivity contribution < 1.29 is 4.74 Å². The molecule has 0 aromatic heterocycles. The summed E-state index contributed by atoms with van der Waals surface area (Å²) >= 11 is 0. The maximum absolute atomic E-state index is 8.54. The molecule has 0 aliphatic heterocycles. The number of hydrogen-bond donors (Lipinski definition) is 0. The van der Waals surface area contributed by atoms with Gasteiger partial charge < -0.3 is 9.64 Å². The molecule has 18 heavy (non-hydrogen) atoms. The fraction of sp³-hybridized carbons (Fsp3) is 0.533. The highest BCUT2D eigenvalue weighted by atomic mass is 16.5. The van der Waals surface area contributed by atoms with Gasteiger partial charge in [0.1, 0.15) is 5.75 Å². The Bertz CT molecular complexity index is 412. The molecule has 0 unspecified atom stereocenters. The fourth-order valence-electron chi connectivity index (χ4n) is 2.18. The van der Waals surface area contributed by atoms with Crippen molar-refractivity contribution in [2.75, 3.05) is 27.2 Å². The third-order valence-corrected chi connectivity index (χ3v) is 3.11. The van der Waals surface area contributed by atoms with Crippen LogP contribution in [0.25, 0.3) is 0 Å². The Morgan fingerprint density at radius 3 is 2.33 bits per heavy atom. The monoisotopic (exact) mass is 246 g/mol. The number of likely N-dealkylation sites (N-methyl/N-ethyl adjacent to an activating group) is 1. The second-order valence-corrected chi connectivity index (χ2v) is 4.72. The largest absolute Gasteiger partial charge is 0.496 e. The molecule has 0 saturated heterocycles. The van der Waals surface area contributed by atoms with Crippen LogP contribution in [-0.2, 0) is 6.42 Å². The van der Waals surface area contributed by atoms with Crippen LogP contribution in [0.15, 0.2) is 12.1 Å². The van der Waals surface area contributed by atoms with Gasteiger partial charge in [-0.15, -0.1) is 0 Å². The summed E-state index contributed by atoms with van der Waals surface area (Å²) in [6.07, 6.45) is 1.60. The molecule has 0 aliphatic rings. The van der Waals surface area contributed by atoms with Gasteiger partial charge in [0.15, 0.2) is 0 Å². The zero-order valence-electron chi connectivity index (χ0n) is 11.8. The number of nitrogens with zero attached hydrogens (tertiary/aromatic N) is 2. The highest BCUT2D eigenvalue weighted by Crippen LogP contribution is 2.24. The first-order chi connectivity index (χ1) is 8.58. The van der Waals surface area contributed by atoms with Crippen molar-refractivity contribution in [2.45, 2.75) is 26.7 Å². The van der Waals surface area contributed by atoms with E-state index in [1.807, 2.05) is 0 Å². The molecule has 0 bridgehead atoms. The Kier molecular flexibility index (Phi) is 5.67. The summed E-state index contributed by atoms with van der Waals surface area (Å²) in [4.78, 5) is 2.19. The summed E-state index contributed by atoms with van der Waals surface area (Å²) in [7, 11) is 3.77. The minimum atomic E-state index is 0.594. The minimum absolute atomic E-state index is 0.594. The topological polar surface area (TPSA) is 36.3 Å². The second kappa shape index (κ2) is 7.03. The molecule has 3 heteroatoms. The molecule has 0 saturated carbocycles. The lowest BCUT2D eigenvalue weighted by Crippen LogP contribution is -2.22. The van der Waals surface area contributed by atoms with Gasteiger partial charge in [-0.25, -0.2) is 0 Å². The lowest BCUT2D eigenvalue weighted by atomic mass is 10.0. The van der Waals surface area contributed by atoms with Gasteiger partial charge in [-0.3, -0.25) is 0 Å². The second-order valence-electron chi connectivity index (χ2n) is 4.72. The Hall–Kier alpha value is -1.53. The Morgan fingerprint density at radius 1 is 1.22 bits per heavy atom. The zero-order valence-corrected chi connectivity index (χ0v) is 11.8. The number of methoxy groups -OCH3 is 1. The first-order valence-corrected chi connectivity index (χ1v) is 6.28. The zero-order chi connectivity index (χ0) is 13.5. The molecule has 0 atom stereocenters. The smallest absolute Gasteiger partial charge is 0.124 e. The lowest BCUT2D eigenvalue weighted by molar-refractivity contribution is 0.346. The molecule has 0 N–H and O–H groups in total. The normalized spacial score (nSPS) is 10.4. The van der Waals surface area contributed by atoms with Gasteiger partial charge in [0.05, 0.1) is 13.2 Å². The Balaban J connectivity index is 2.61. The van der Waals surface area contributed by atoms with E-state index in [2.05, 4.69) is 44.0 Å². The summed E-state index contributed by atoms with van der Waals surface area (Å²) in [5, 5.41) is 8.54. The van der Waals surface area contributed by atoms with Crippen molar-refractivity contribution in [3.05, 3.63) is 28.8 Å². The van der Waals surface area contributed by atoms with Crippen molar-refractivity contribution in [2.24, 2.45) is 0 Å². The molecular weight excluding hydrogens is 224 g/mol. The SMILES string of the molecule is COc1c(C)cc(CCN(C)CCC#N)cc1C. The molecule has 1 aromatic rings. The quantitative estimate of drug-likeness (QED) is 0.774. The van der Waals surface area contributed by atoms with Crippen LogP contribution in [0.1, 0.15) is 23.1 Å². The van der Waals surface area contributed by atoms with Crippen molar-refractivity contribution in [3.8, 4) is 11.8 Å². The van der Waals surface area contributed by atoms with E-state index in [1.165, 1.54) is 16.7 Å². The van der Waals surface area contributed by atoms with Crippen molar-refractivity contribution in [1.82, 2.24) is 4.90 Å². The fourth-order valence-corrected chi connectivity index (χ4v) is 2.18. The van der Waals surface area contributed by atoms with E-state index in [9.17, 15) is 0 Å². The number of ether oxygens (including phenoxy) is 1. The average Bonchev–Trinajstić information content (AvgIpc) is 2.33. The van der Waals surface area contributed by atoms with E-state index in [1.54, 1.807) is 7.11 Å². The van der Waals surface area contributed by atoms with Crippen LogP contribution in [0.3, 0.4) is 0 Å². The van der Waals surface area contributed by atoms with Gasteiger partial charge in [-0.2, -0.15) is 5.26 Å². The predicted octanol–water partition coefficient (Wildman–Crippen LogP) is 2.70. The van der Waals surface area contributed by atoms with Gasteiger partial charge in [-0.1, -0.05) is 12.1 Å². The Labute approximate surface area is 110 Å². The maximum Gasteiger partial charge on any atom is 0.124 e. The molecule has 3 nitrogen and oxygen atoms in total. The van der Waals surface area contributed by atoms with Crippen LogP contribution >= 0.6 is 0 Å². The molecular formula is C15H22N2O. The van der Waals surface area contributed by atoms with Crippen molar-refractivity contribution in [3.63, 3.8) is 0 Å². The molecule has 0 aliphatic carbocycles. The van der Waals surface area contributed by atoms with Crippen LogP contribution < -0.4 is 4.74 Å². The van der Waals surface area contributed by atoms with E-state index in [-0.39, 0.29) is 0 Å². The highest BCUT2D eigenvalue weighted by Gasteiger charge is 2.06. The summed E-state index contributed by atoms with van der Waals surface area (Å²) in [6.45, 7) is 5.97. The summed E-state index contributed by atoms with van der Waals surface area (Å²) < 4.78 is 5.36. The maximum atomic E-state index is 8.54. The predicted molar refractivity (Wildman–Crippen MR) is 73.9 cm³/mol. The summed E-state index contributed by atoms with van der Waals surface area (Å²) in [5.41, 5.74) is 3.70. The van der Waals surface area contributed by atoms with Crippen LogP contribution in [-0.4, -0.2) is 32.1 Å². The molecule has 0 spiro atoms. The third kappa shape index (κ3) is 4.05. The first-order valence-electron chi connectivity index (χ1n) is 6.28. The van der Waals surface area contributed by atoms with Crippen molar-refractivity contribution >= 4 is 0 Å². The molecule has 0 amide bonds. The van der Waals surface area contributed by atoms with Crippen LogP contribution in [0, 0.1) is 25.2 Å². The number of hydrogen-bond acceptors (Lipinski definition) is 3. The number of nitriles is 1. The minimum Gasteiger partial charge on any atom is -0.496 e. The standard InChI is InChI=1S/C15H22N2O/c1-12-10-14(11-13(2)15(12)18-4)6-9-17(3)8-5-7-16/h10-11H,5-6,8-9H2,1-4H3. The van der Waals surface area contributed by atoms with Gasteiger partial charge >= 0.3 is 0 Å². The molecule has 0 fully saturated rings. The van der Waals surface area contributed by atoms with Crippen LogP contribution in [0.5, 0.6) is 5.75 Å². The van der Waals surface area contributed by atoms with Crippen LogP contribution in [0.2, 0.25) is 0 Å². The van der Waals surface area contributed by atoms with E-state index in [4.69, 9.17) is 10.00 Å². The van der Waals surface area contributed by atoms with E-state index in [0.29, 0.717) is 6.42 Å². The molecule has 1 rings (SSSR count). The van der Waals surface area contributed by atoms with Gasteiger partial charge in [-0.05, 0) is 44.0 Å². The van der Waals surface area contributed by atoms with Crippen molar-refractivity contribution in [1.29, 1.82) is 5.26 Å². The van der Waals surface area contributed by atoms with Gasteiger partial charge in [0.2, 0.25) is 0 Å². The first kappa shape index (κ1) is 14.5. The van der Waals surface area contributed by atoms with Crippen LogP contribution in [0.4, 0.5) is 0 Å². The van der Waals surface area contributed by atoms with Gasteiger partial charge in [0.25, 0.3) is 0 Å². The number of aryl methyl sites for hydroxylation is 2. The molecule has 0 heterocycles.